The molecular formula is C13H18ClN3. The standard InChI is InChI=1S/C13H18ClN3/c1-3-17(4-2)8-7-16-13-9-12(14)6-5-11(13)10-15/h5-6,9,16H,3-4,7-8H2,1-2H3. The predicted octanol–water partition coefficient (Wildman–Crippen LogP) is 2.97. The topological polar surface area (TPSA) is 39.1 Å². The van der Waals surface area contributed by atoms with Gasteiger partial charge < -0.3 is 10.2 Å². The van der Waals surface area contributed by atoms with Gasteiger partial charge in [0.05, 0.1) is 11.3 Å². The summed E-state index contributed by atoms with van der Waals surface area (Å²) < 4.78 is 0. The van der Waals surface area contributed by atoms with Crippen molar-refractivity contribution in [1.29, 1.82) is 5.26 Å². The molecule has 92 valence electrons. The molecule has 3 nitrogen and oxygen atoms in total. The third-order valence-corrected chi connectivity index (χ3v) is 2.98. The molecule has 17 heavy (non-hydrogen) atoms. The van der Waals surface area contributed by atoms with Crippen molar-refractivity contribution in [2.45, 2.75) is 13.8 Å². The second-order valence-electron chi connectivity index (χ2n) is 3.76. The Balaban J connectivity index is 2.57. The van der Waals surface area contributed by atoms with Crippen LogP contribution in [0.1, 0.15) is 19.4 Å². The number of nitrogens with zero attached hydrogens (tertiary/aromatic N) is 2. The maximum Gasteiger partial charge on any atom is 0.101 e. The molecule has 0 saturated carbocycles. The van der Waals surface area contributed by atoms with Gasteiger partial charge in [0.1, 0.15) is 6.07 Å². The van der Waals surface area contributed by atoms with E-state index in [2.05, 4.69) is 30.1 Å². The molecule has 0 aliphatic heterocycles. The molecule has 4 heteroatoms. The third kappa shape index (κ3) is 4.26. The van der Waals surface area contributed by atoms with Crippen LogP contribution in [0.2, 0.25) is 5.02 Å². The van der Waals surface area contributed by atoms with Gasteiger partial charge in [-0.05, 0) is 31.3 Å². The van der Waals surface area contributed by atoms with E-state index in [-0.39, 0.29) is 0 Å². The normalized spacial score (nSPS) is 10.3. The van der Waals surface area contributed by atoms with Gasteiger partial charge in [-0.1, -0.05) is 25.4 Å². The molecule has 1 rings (SSSR count). The first kappa shape index (κ1) is 13.8. The second-order valence-corrected chi connectivity index (χ2v) is 4.19. The molecule has 0 heterocycles. The molecule has 0 unspecified atom stereocenters. The number of hydrogen-bond acceptors (Lipinski definition) is 3. The fourth-order valence-corrected chi connectivity index (χ4v) is 1.82. The van der Waals surface area contributed by atoms with Crippen molar-refractivity contribution in [3.63, 3.8) is 0 Å². The Bertz CT molecular complexity index is 394. The number of anilines is 1. The van der Waals surface area contributed by atoms with Crippen molar-refractivity contribution in [3.05, 3.63) is 28.8 Å². The summed E-state index contributed by atoms with van der Waals surface area (Å²) in [5, 5.41) is 12.9. The van der Waals surface area contributed by atoms with E-state index in [0.29, 0.717) is 10.6 Å². The van der Waals surface area contributed by atoms with Gasteiger partial charge in [0.2, 0.25) is 0 Å². The Hall–Kier alpha value is -1.24. The van der Waals surface area contributed by atoms with Crippen molar-refractivity contribution in [1.82, 2.24) is 4.90 Å². The molecule has 0 spiro atoms. The van der Waals surface area contributed by atoms with Crippen LogP contribution in [0.15, 0.2) is 18.2 Å². The molecule has 0 aromatic heterocycles. The largest absolute Gasteiger partial charge is 0.383 e. The Morgan fingerprint density at radius 1 is 1.35 bits per heavy atom. The van der Waals surface area contributed by atoms with Crippen molar-refractivity contribution in [2.24, 2.45) is 0 Å². The number of halogens is 1. The van der Waals surface area contributed by atoms with Crippen LogP contribution < -0.4 is 5.32 Å². The lowest BCUT2D eigenvalue weighted by molar-refractivity contribution is 0.316. The minimum Gasteiger partial charge on any atom is -0.383 e. The van der Waals surface area contributed by atoms with E-state index in [1.807, 2.05) is 0 Å². The maximum atomic E-state index is 8.97. The Morgan fingerprint density at radius 3 is 2.65 bits per heavy atom. The van der Waals surface area contributed by atoms with E-state index in [0.717, 1.165) is 31.9 Å². The van der Waals surface area contributed by atoms with E-state index in [4.69, 9.17) is 16.9 Å². The quantitative estimate of drug-likeness (QED) is 0.845. The highest BCUT2D eigenvalue weighted by atomic mass is 35.5. The smallest absolute Gasteiger partial charge is 0.101 e. The van der Waals surface area contributed by atoms with Crippen molar-refractivity contribution in [3.8, 4) is 6.07 Å². The lowest BCUT2D eigenvalue weighted by atomic mass is 10.2. The van der Waals surface area contributed by atoms with Crippen LogP contribution in [-0.4, -0.2) is 31.1 Å². The average molecular weight is 252 g/mol. The summed E-state index contributed by atoms with van der Waals surface area (Å²) in [6.07, 6.45) is 0. The fourth-order valence-electron chi connectivity index (χ4n) is 1.65. The first-order valence-electron chi connectivity index (χ1n) is 5.87. The summed E-state index contributed by atoms with van der Waals surface area (Å²) in [5.74, 6) is 0. The molecule has 0 bridgehead atoms. The van der Waals surface area contributed by atoms with Crippen LogP contribution in [0.5, 0.6) is 0 Å². The van der Waals surface area contributed by atoms with Crippen molar-refractivity contribution < 1.29 is 0 Å². The summed E-state index contributed by atoms with van der Waals surface area (Å²) >= 11 is 5.91. The summed E-state index contributed by atoms with van der Waals surface area (Å²) in [6, 6.07) is 7.42. The maximum absolute atomic E-state index is 8.97. The van der Waals surface area contributed by atoms with Crippen LogP contribution in [0.4, 0.5) is 5.69 Å². The summed E-state index contributed by atoms with van der Waals surface area (Å²) in [5.41, 5.74) is 1.45. The van der Waals surface area contributed by atoms with Gasteiger partial charge in [-0.15, -0.1) is 0 Å². The minimum absolute atomic E-state index is 0.633. The molecule has 1 N–H and O–H groups in total. The number of hydrogen-bond donors (Lipinski definition) is 1. The highest BCUT2D eigenvalue weighted by Gasteiger charge is 2.03. The first-order chi connectivity index (χ1) is 8.21. The lowest BCUT2D eigenvalue weighted by Crippen LogP contribution is -2.28. The molecule has 0 radical (unpaired) electrons. The molecule has 0 amide bonds. The van der Waals surface area contributed by atoms with E-state index < -0.39 is 0 Å². The molecule has 1 aromatic rings. The summed E-state index contributed by atoms with van der Waals surface area (Å²) in [6.45, 7) is 8.14. The number of nitriles is 1. The van der Waals surface area contributed by atoms with Crippen LogP contribution in [-0.2, 0) is 0 Å². The van der Waals surface area contributed by atoms with Crippen molar-refractivity contribution in [2.75, 3.05) is 31.5 Å². The van der Waals surface area contributed by atoms with E-state index in [9.17, 15) is 0 Å². The van der Waals surface area contributed by atoms with E-state index in [1.165, 1.54) is 0 Å². The third-order valence-electron chi connectivity index (χ3n) is 2.74. The van der Waals surface area contributed by atoms with Gasteiger partial charge in [-0.3, -0.25) is 0 Å². The minimum atomic E-state index is 0.633. The first-order valence-corrected chi connectivity index (χ1v) is 6.25. The zero-order valence-corrected chi connectivity index (χ0v) is 11.1. The van der Waals surface area contributed by atoms with E-state index in [1.54, 1.807) is 18.2 Å². The number of likely N-dealkylation sites (N-methyl/N-ethyl adjacent to an activating group) is 1. The van der Waals surface area contributed by atoms with Gasteiger partial charge in [0.25, 0.3) is 0 Å². The van der Waals surface area contributed by atoms with Crippen LogP contribution in [0, 0.1) is 11.3 Å². The molecule has 1 aromatic carbocycles. The van der Waals surface area contributed by atoms with Crippen LogP contribution in [0.3, 0.4) is 0 Å². The zero-order chi connectivity index (χ0) is 12.7. The number of benzene rings is 1. The zero-order valence-electron chi connectivity index (χ0n) is 10.3. The highest BCUT2D eigenvalue weighted by molar-refractivity contribution is 6.30. The summed E-state index contributed by atoms with van der Waals surface area (Å²) in [4.78, 5) is 2.32. The van der Waals surface area contributed by atoms with Gasteiger partial charge in [0.15, 0.2) is 0 Å². The fraction of sp³-hybridized carbons (Fsp3) is 0.462. The molecule has 0 aliphatic rings. The lowest BCUT2D eigenvalue weighted by Gasteiger charge is -2.18. The van der Waals surface area contributed by atoms with Crippen LogP contribution in [0.25, 0.3) is 0 Å². The van der Waals surface area contributed by atoms with Gasteiger partial charge >= 0.3 is 0 Å². The van der Waals surface area contributed by atoms with Gasteiger partial charge in [0, 0.05) is 18.1 Å². The molecule has 0 aliphatic carbocycles. The average Bonchev–Trinajstić information content (AvgIpc) is 2.35. The SMILES string of the molecule is CCN(CC)CCNc1cc(Cl)ccc1C#N. The Morgan fingerprint density at radius 2 is 2.06 bits per heavy atom. The number of nitrogens with one attached hydrogen (secondary N) is 1. The molecular weight excluding hydrogens is 234 g/mol. The van der Waals surface area contributed by atoms with Gasteiger partial charge in [-0.2, -0.15) is 5.26 Å². The number of rotatable bonds is 6. The molecule has 0 fully saturated rings. The summed E-state index contributed by atoms with van der Waals surface area (Å²) in [7, 11) is 0. The monoisotopic (exact) mass is 251 g/mol. The Labute approximate surface area is 108 Å². The second kappa shape index (κ2) is 7.16. The van der Waals surface area contributed by atoms with Crippen LogP contribution >= 0.6 is 11.6 Å². The van der Waals surface area contributed by atoms with Gasteiger partial charge in [-0.25, -0.2) is 0 Å². The highest BCUT2D eigenvalue weighted by Crippen LogP contribution is 2.19. The van der Waals surface area contributed by atoms with E-state index >= 15 is 0 Å². The predicted molar refractivity (Wildman–Crippen MR) is 72.4 cm³/mol. The molecule has 0 atom stereocenters. The molecule has 0 saturated heterocycles. The Kier molecular flexibility index (Phi) is 5.82. The van der Waals surface area contributed by atoms with Crippen molar-refractivity contribution >= 4 is 17.3 Å².